The van der Waals surface area contributed by atoms with E-state index in [0.717, 1.165) is 65.6 Å². The number of rotatable bonds is 3. The molecule has 26 heavy (non-hydrogen) atoms. The van der Waals surface area contributed by atoms with Crippen LogP contribution in [0.1, 0.15) is 28.5 Å². The Bertz CT molecular complexity index is 976. The highest BCUT2D eigenvalue weighted by Gasteiger charge is 2.21. The zero-order valence-corrected chi connectivity index (χ0v) is 15.8. The van der Waals surface area contributed by atoms with Crippen LogP contribution in [0.4, 0.5) is 5.69 Å². The topological polar surface area (TPSA) is 68.0 Å². The second-order valence-electron chi connectivity index (χ2n) is 7.23. The van der Waals surface area contributed by atoms with Crippen LogP contribution in [0.5, 0.6) is 0 Å². The number of aromatic amines is 2. The first-order valence-corrected chi connectivity index (χ1v) is 9.08. The van der Waals surface area contributed by atoms with Crippen LogP contribution in [0, 0.1) is 13.8 Å². The summed E-state index contributed by atoms with van der Waals surface area (Å²) in [7, 11) is 2.16. The first-order valence-electron chi connectivity index (χ1n) is 9.08. The Kier molecular flexibility index (Phi) is 4.07. The van der Waals surface area contributed by atoms with E-state index in [-0.39, 0.29) is 5.78 Å². The van der Waals surface area contributed by atoms with E-state index in [0.29, 0.717) is 0 Å². The van der Waals surface area contributed by atoms with Crippen molar-refractivity contribution < 1.29 is 4.79 Å². The number of aromatic nitrogens is 3. The van der Waals surface area contributed by atoms with E-state index in [1.807, 2.05) is 13.8 Å². The first kappa shape index (κ1) is 16.8. The molecule has 0 radical (unpaired) electrons. The number of hydrogen-bond donors (Lipinski definition) is 2. The van der Waals surface area contributed by atoms with Gasteiger partial charge in [0.25, 0.3) is 0 Å². The highest BCUT2D eigenvalue weighted by Crippen LogP contribution is 2.31. The van der Waals surface area contributed by atoms with E-state index >= 15 is 0 Å². The summed E-state index contributed by atoms with van der Waals surface area (Å²) in [5.41, 5.74) is 6.69. The number of para-hydroxylation sites is 1. The van der Waals surface area contributed by atoms with E-state index in [1.54, 1.807) is 6.92 Å². The molecule has 0 saturated carbocycles. The van der Waals surface area contributed by atoms with Gasteiger partial charge in [0.05, 0.1) is 16.9 Å². The lowest BCUT2D eigenvalue weighted by Crippen LogP contribution is -2.44. The minimum atomic E-state index is 0.0803. The average Bonchev–Trinajstić information content (AvgIpc) is 3.15. The van der Waals surface area contributed by atoms with Gasteiger partial charge in [-0.15, -0.1) is 0 Å². The molecular weight excluding hydrogens is 326 g/mol. The van der Waals surface area contributed by atoms with Gasteiger partial charge >= 0.3 is 0 Å². The number of anilines is 1. The molecule has 3 heterocycles. The van der Waals surface area contributed by atoms with Crippen molar-refractivity contribution in [2.45, 2.75) is 20.8 Å². The van der Waals surface area contributed by atoms with Crippen molar-refractivity contribution in [2.24, 2.45) is 0 Å². The van der Waals surface area contributed by atoms with Gasteiger partial charge in [0.2, 0.25) is 0 Å². The van der Waals surface area contributed by atoms with Crippen molar-refractivity contribution in [1.82, 2.24) is 19.9 Å². The van der Waals surface area contributed by atoms with Gasteiger partial charge in [-0.25, -0.2) is 4.98 Å². The van der Waals surface area contributed by atoms with Gasteiger partial charge in [-0.2, -0.15) is 0 Å². The molecule has 4 rings (SSSR count). The number of imidazole rings is 1. The predicted molar refractivity (Wildman–Crippen MR) is 105 cm³/mol. The number of H-pyrrole nitrogens is 2. The Morgan fingerprint density at radius 3 is 2.50 bits per heavy atom. The maximum atomic E-state index is 11.9. The molecule has 6 nitrogen and oxygen atoms in total. The van der Waals surface area contributed by atoms with E-state index < -0.39 is 0 Å². The average molecular weight is 351 g/mol. The molecule has 2 aromatic heterocycles. The number of Topliss-reactive ketones (excluding diaryl/α,β-unsaturated/α-hetero) is 1. The van der Waals surface area contributed by atoms with Crippen LogP contribution >= 0.6 is 0 Å². The Labute approximate surface area is 153 Å². The number of nitrogens with zero attached hydrogens (tertiary/aromatic N) is 3. The first-order chi connectivity index (χ1) is 12.5. The number of carbonyl (C=O) groups excluding carboxylic acids is 1. The third-order valence-electron chi connectivity index (χ3n) is 5.36. The summed E-state index contributed by atoms with van der Waals surface area (Å²) in [4.78, 5) is 28.4. The normalized spacial score (nSPS) is 15.8. The molecule has 6 heteroatoms. The van der Waals surface area contributed by atoms with E-state index in [2.05, 4.69) is 45.0 Å². The smallest absolute Gasteiger partial charge is 0.161 e. The largest absolute Gasteiger partial charge is 0.367 e. The van der Waals surface area contributed by atoms with Crippen molar-refractivity contribution in [3.63, 3.8) is 0 Å². The number of fused-ring (bicyclic) bond motifs is 1. The van der Waals surface area contributed by atoms with E-state index in [4.69, 9.17) is 4.98 Å². The molecule has 1 aromatic carbocycles. The molecule has 1 aliphatic rings. The molecule has 0 bridgehead atoms. The van der Waals surface area contributed by atoms with Gasteiger partial charge in [-0.05, 0) is 45.5 Å². The fourth-order valence-corrected chi connectivity index (χ4v) is 3.95. The van der Waals surface area contributed by atoms with Crippen LogP contribution in [0.15, 0.2) is 18.2 Å². The lowest BCUT2D eigenvalue weighted by Gasteiger charge is -2.34. The summed E-state index contributed by atoms with van der Waals surface area (Å²) < 4.78 is 0. The Balaban J connectivity index is 1.79. The minimum Gasteiger partial charge on any atom is -0.367 e. The number of benzene rings is 1. The maximum Gasteiger partial charge on any atom is 0.161 e. The summed E-state index contributed by atoms with van der Waals surface area (Å²) in [6.07, 6.45) is 0. The Morgan fingerprint density at radius 1 is 1.12 bits per heavy atom. The van der Waals surface area contributed by atoms with Crippen LogP contribution in [0.25, 0.3) is 22.6 Å². The van der Waals surface area contributed by atoms with Gasteiger partial charge in [0.1, 0.15) is 5.52 Å². The van der Waals surface area contributed by atoms with E-state index in [9.17, 15) is 4.79 Å². The molecule has 1 fully saturated rings. The van der Waals surface area contributed by atoms with Crippen molar-refractivity contribution in [1.29, 1.82) is 0 Å². The third kappa shape index (κ3) is 2.70. The number of ketones is 1. The molecule has 0 unspecified atom stereocenters. The zero-order chi connectivity index (χ0) is 18.4. The van der Waals surface area contributed by atoms with Crippen molar-refractivity contribution in [3.8, 4) is 11.5 Å². The third-order valence-corrected chi connectivity index (χ3v) is 5.36. The molecule has 0 atom stereocenters. The molecule has 136 valence electrons. The summed E-state index contributed by atoms with van der Waals surface area (Å²) in [6.45, 7) is 9.65. The van der Waals surface area contributed by atoms with Gasteiger partial charge < -0.3 is 19.8 Å². The standard InChI is InChI=1S/C20H25N5O/c1-12-17(14(3)26)13(2)21-18(12)20-22-15-6-5-7-16(19(15)23-20)25-10-8-24(4)9-11-25/h5-7,21H,8-11H2,1-4H3,(H,22,23). The van der Waals surface area contributed by atoms with E-state index in [1.165, 1.54) is 5.69 Å². The molecule has 2 N–H and O–H groups in total. The summed E-state index contributed by atoms with van der Waals surface area (Å²) >= 11 is 0. The predicted octanol–water partition coefficient (Wildman–Crippen LogP) is 3.13. The summed E-state index contributed by atoms with van der Waals surface area (Å²) in [6, 6.07) is 6.28. The maximum absolute atomic E-state index is 11.9. The van der Waals surface area contributed by atoms with Crippen LogP contribution in [-0.4, -0.2) is 58.9 Å². The van der Waals surface area contributed by atoms with Crippen molar-refractivity contribution in [3.05, 3.63) is 35.0 Å². The molecular formula is C20H25N5O. The van der Waals surface area contributed by atoms with Crippen LogP contribution in [0.2, 0.25) is 0 Å². The fourth-order valence-electron chi connectivity index (χ4n) is 3.95. The number of carbonyl (C=O) groups is 1. The number of nitrogens with one attached hydrogen (secondary N) is 2. The molecule has 3 aromatic rings. The van der Waals surface area contributed by atoms with Crippen molar-refractivity contribution >= 4 is 22.5 Å². The number of hydrogen-bond acceptors (Lipinski definition) is 4. The molecule has 1 saturated heterocycles. The highest BCUT2D eigenvalue weighted by atomic mass is 16.1. The second kappa shape index (κ2) is 6.29. The van der Waals surface area contributed by atoms with Crippen LogP contribution in [-0.2, 0) is 0 Å². The molecule has 0 spiro atoms. The molecule has 1 aliphatic heterocycles. The quantitative estimate of drug-likeness (QED) is 0.712. The van der Waals surface area contributed by atoms with Crippen LogP contribution < -0.4 is 4.90 Å². The van der Waals surface area contributed by atoms with Gasteiger partial charge in [0, 0.05) is 37.4 Å². The lowest BCUT2D eigenvalue weighted by atomic mass is 10.1. The van der Waals surface area contributed by atoms with Gasteiger partial charge in [0.15, 0.2) is 11.6 Å². The van der Waals surface area contributed by atoms with Crippen LogP contribution in [0.3, 0.4) is 0 Å². The molecule has 0 aliphatic carbocycles. The summed E-state index contributed by atoms with van der Waals surface area (Å²) in [5.74, 6) is 0.867. The lowest BCUT2D eigenvalue weighted by molar-refractivity contribution is 0.101. The minimum absolute atomic E-state index is 0.0803. The summed E-state index contributed by atoms with van der Waals surface area (Å²) in [5, 5.41) is 0. The fraction of sp³-hybridized carbons (Fsp3) is 0.400. The van der Waals surface area contributed by atoms with Crippen molar-refractivity contribution in [2.75, 3.05) is 38.1 Å². The SMILES string of the molecule is CC(=O)c1c(C)[nH]c(-c2nc3c(N4CCN(C)CC4)cccc3[nH]2)c1C. The highest BCUT2D eigenvalue weighted by molar-refractivity contribution is 5.99. The Morgan fingerprint density at radius 2 is 1.85 bits per heavy atom. The monoisotopic (exact) mass is 351 g/mol. The van der Waals surface area contributed by atoms with Gasteiger partial charge in [-0.1, -0.05) is 6.07 Å². The Hall–Kier alpha value is -2.60. The second-order valence-corrected chi connectivity index (χ2v) is 7.23. The van der Waals surface area contributed by atoms with Gasteiger partial charge in [-0.3, -0.25) is 4.79 Å². The number of likely N-dealkylation sites (N-methyl/N-ethyl adjacent to an activating group) is 1. The molecule has 0 amide bonds. The zero-order valence-electron chi connectivity index (χ0n) is 15.8. The number of piperazine rings is 1. The number of aryl methyl sites for hydroxylation is 1.